The van der Waals surface area contributed by atoms with E-state index in [4.69, 9.17) is 4.74 Å². The van der Waals surface area contributed by atoms with Crippen molar-refractivity contribution >= 4 is 5.78 Å². The van der Waals surface area contributed by atoms with Gasteiger partial charge in [0.05, 0.1) is 5.56 Å². The summed E-state index contributed by atoms with van der Waals surface area (Å²) in [6.07, 6.45) is 3.95. The fourth-order valence-electron chi connectivity index (χ4n) is 0.987. The summed E-state index contributed by atoms with van der Waals surface area (Å²) in [5.41, 5.74) is 0.489. The Morgan fingerprint density at radius 2 is 2.15 bits per heavy atom. The van der Waals surface area contributed by atoms with E-state index in [0.29, 0.717) is 12.2 Å². The van der Waals surface area contributed by atoms with Gasteiger partial charge in [0.25, 0.3) is 0 Å². The third-order valence-electron chi connectivity index (χ3n) is 1.63. The highest BCUT2D eigenvalue weighted by Crippen LogP contribution is 2.02. The molecule has 0 aromatic carbocycles. The summed E-state index contributed by atoms with van der Waals surface area (Å²) >= 11 is 0. The van der Waals surface area contributed by atoms with Crippen LogP contribution in [-0.4, -0.2) is 28.5 Å². The molecule has 1 aromatic rings. The molecule has 0 radical (unpaired) electrons. The Labute approximate surface area is 77.0 Å². The van der Waals surface area contributed by atoms with Gasteiger partial charge in [-0.2, -0.15) is 0 Å². The number of hydrogen-bond donors (Lipinski definition) is 0. The van der Waals surface area contributed by atoms with Gasteiger partial charge >= 0.3 is 0 Å². The van der Waals surface area contributed by atoms with Crippen LogP contribution in [0.3, 0.4) is 0 Å². The molecule has 0 N–H and O–H groups in total. The molecule has 1 unspecified atom stereocenters. The first-order valence-corrected chi connectivity index (χ1v) is 4.16. The van der Waals surface area contributed by atoms with Crippen molar-refractivity contribution in [1.29, 1.82) is 0 Å². The summed E-state index contributed by atoms with van der Waals surface area (Å²) in [7, 11) is 0. The average Bonchev–Trinajstić information content (AvgIpc) is 2.18. The maximum Gasteiger partial charge on any atom is 0.194 e. The van der Waals surface area contributed by atoms with Crippen LogP contribution in [-0.2, 0) is 4.74 Å². The Balaban J connectivity index is 2.68. The summed E-state index contributed by atoms with van der Waals surface area (Å²) in [6.45, 7) is 4.10. The molecule has 13 heavy (non-hydrogen) atoms. The summed E-state index contributed by atoms with van der Waals surface area (Å²) < 4.78 is 5.15. The number of carbonyl (C=O) groups excluding carboxylic acids is 1. The second kappa shape index (κ2) is 4.67. The minimum Gasteiger partial charge on any atom is -0.371 e. The Morgan fingerprint density at radius 3 is 2.69 bits per heavy atom. The number of Topliss-reactive ketones (excluding diaryl/α,β-unsaturated/α-hetero) is 1. The minimum atomic E-state index is -0.420. The first-order chi connectivity index (χ1) is 6.25. The number of hydrogen-bond acceptors (Lipinski definition) is 4. The van der Waals surface area contributed by atoms with E-state index in [-0.39, 0.29) is 5.78 Å². The normalized spacial score (nSPS) is 12.5. The predicted octanol–water partition coefficient (Wildman–Crippen LogP) is 1.08. The number of aromatic nitrogens is 2. The van der Waals surface area contributed by atoms with Gasteiger partial charge in [0, 0.05) is 19.0 Å². The number of nitrogens with zero attached hydrogens (tertiary/aromatic N) is 2. The standard InChI is InChI=1S/C9H12N2O2/c1-3-13-7(2)9(12)8-4-10-6-11-5-8/h4-7H,3H2,1-2H3. The van der Waals surface area contributed by atoms with Crippen LogP contribution in [0.25, 0.3) is 0 Å². The van der Waals surface area contributed by atoms with Crippen LogP contribution in [0.1, 0.15) is 24.2 Å². The van der Waals surface area contributed by atoms with Gasteiger partial charge in [-0.15, -0.1) is 0 Å². The maximum atomic E-state index is 11.5. The second-order valence-corrected chi connectivity index (χ2v) is 2.59. The lowest BCUT2D eigenvalue weighted by atomic mass is 10.1. The van der Waals surface area contributed by atoms with Gasteiger partial charge < -0.3 is 4.74 Å². The molecule has 1 rings (SSSR count). The van der Waals surface area contributed by atoms with Crippen LogP contribution < -0.4 is 0 Å². The molecule has 0 aliphatic rings. The fraction of sp³-hybridized carbons (Fsp3) is 0.444. The van der Waals surface area contributed by atoms with Gasteiger partial charge in [0.15, 0.2) is 5.78 Å². The van der Waals surface area contributed by atoms with E-state index in [9.17, 15) is 4.79 Å². The Morgan fingerprint density at radius 1 is 1.54 bits per heavy atom. The average molecular weight is 180 g/mol. The van der Waals surface area contributed by atoms with Crippen molar-refractivity contribution in [1.82, 2.24) is 9.97 Å². The van der Waals surface area contributed by atoms with Crippen molar-refractivity contribution < 1.29 is 9.53 Å². The summed E-state index contributed by atoms with van der Waals surface area (Å²) in [5.74, 6) is -0.0811. The quantitative estimate of drug-likeness (QED) is 0.651. The molecule has 0 spiro atoms. The van der Waals surface area contributed by atoms with Crippen molar-refractivity contribution in [3.8, 4) is 0 Å². The number of rotatable bonds is 4. The summed E-state index contributed by atoms with van der Waals surface area (Å²) in [6, 6.07) is 0. The number of ketones is 1. The summed E-state index contributed by atoms with van der Waals surface area (Å²) in [4.78, 5) is 19.1. The topological polar surface area (TPSA) is 52.1 Å². The molecule has 70 valence electrons. The molecule has 1 aromatic heterocycles. The van der Waals surface area contributed by atoms with Crippen LogP contribution in [0.2, 0.25) is 0 Å². The fourth-order valence-corrected chi connectivity index (χ4v) is 0.987. The molecule has 4 nitrogen and oxygen atoms in total. The predicted molar refractivity (Wildman–Crippen MR) is 47.5 cm³/mol. The van der Waals surface area contributed by atoms with Gasteiger partial charge in [-0.1, -0.05) is 0 Å². The highest BCUT2D eigenvalue weighted by atomic mass is 16.5. The lowest BCUT2D eigenvalue weighted by Crippen LogP contribution is -2.21. The van der Waals surface area contributed by atoms with Gasteiger partial charge in [0.2, 0.25) is 0 Å². The van der Waals surface area contributed by atoms with Crippen LogP contribution in [0.4, 0.5) is 0 Å². The van der Waals surface area contributed by atoms with E-state index in [0.717, 1.165) is 0 Å². The Bertz CT molecular complexity index is 274. The van der Waals surface area contributed by atoms with E-state index >= 15 is 0 Å². The van der Waals surface area contributed by atoms with Crippen LogP contribution in [0.5, 0.6) is 0 Å². The van der Waals surface area contributed by atoms with Crippen molar-refractivity contribution in [2.45, 2.75) is 20.0 Å². The van der Waals surface area contributed by atoms with Crippen molar-refractivity contribution in [2.75, 3.05) is 6.61 Å². The van der Waals surface area contributed by atoms with Crippen molar-refractivity contribution in [3.05, 3.63) is 24.3 Å². The molecule has 0 aliphatic carbocycles. The van der Waals surface area contributed by atoms with Gasteiger partial charge in [-0.3, -0.25) is 4.79 Å². The highest BCUT2D eigenvalue weighted by molar-refractivity contribution is 5.98. The molecule has 1 heterocycles. The molecule has 0 saturated carbocycles. The van der Waals surface area contributed by atoms with Gasteiger partial charge in [-0.05, 0) is 13.8 Å². The molecule has 4 heteroatoms. The van der Waals surface area contributed by atoms with E-state index in [1.807, 2.05) is 6.92 Å². The zero-order valence-corrected chi connectivity index (χ0v) is 7.73. The van der Waals surface area contributed by atoms with Crippen LogP contribution >= 0.6 is 0 Å². The zero-order chi connectivity index (χ0) is 9.68. The Hall–Kier alpha value is -1.29. The highest BCUT2D eigenvalue weighted by Gasteiger charge is 2.14. The van der Waals surface area contributed by atoms with Gasteiger partial charge in [0.1, 0.15) is 12.4 Å². The SMILES string of the molecule is CCOC(C)C(=O)c1cncnc1. The van der Waals surface area contributed by atoms with E-state index < -0.39 is 6.10 Å². The molecule has 0 aliphatic heterocycles. The largest absolute Gasteiger partial charge is 0.371 e. The summed E-state index contributed by atoms with van der Waals surface area (Å²) in [5, 5.41) is 0. The maximum absolute atomic E-state index is 11.5. The van der Waals surface area contributed by atoms with Crippen LogP contribution in [0.15, 0.2) is 18.7 Å². The van der Waals surface area contributed by atoms with E-state index in [1.54, 1.807) is 6.92 Å². The molecule has 0 fully saturated rings. The molecular formula is C9H12N2O2. The number of ether oxygens (including phenoxy) is 1. The lowest BCUT2D eigenvalue weighted by Gasteiger charge is -2.08. The monoisotopic (exact) mass is 180 g/mol. The second-order valence-electron chi connectivity index (χ2n) is 2.59. The molecule has 0 bridgehead atoms. The molecular weight excluding hydrogens is 168 g/mol. The van der Waals surface area contributed by atoms with Crippen LogP contribution in [0, 0.1) is 0 Å². The third-order valence-corrected chi connectivity index (χ3v) is 1.63. The number of carbonyl (C=O) groups is 1. The molecule has 0 saturated heterocycles. The smallest absolute Gasteiger partial charge is 0.194 e. The zero-order valence-electron chi connectivity index (χ0n) is 7.73. The lowest BCUT2D eigenvalue weighted by molar-refractivity contribution is 0.0520. The van der Waals surface area contributed by atoms with E-state index in [2.05, 4.69) is 9.97 Å². The van der Waals surface area contributed by atoms with Crippen molar-refractivity contribution in [2.24, 2.45) is 0 Å². The van der Waals surface area contributed by atoms with Gasteiger partial charge in [-0.25, -0.2) is 9.97 Å². The van der Waals surface area contributed by atoms with E-state index in [1.165, 1.54) is 18.7 Å². The van der Waals surface area contributed by atoms with Crippen molar-refractivity contribution in [3.63, 3.8) is 0 Å². The minimum absolute atomic E-state index is 0.0811. The third kappa shape index (κ3) is 2.59. The Kier molecular flexibility index (Phi) is 3.52. The molecule has 0 amide bonds. The molecule has 1 atom stereocenters. The first-order valence-electron chi connectivity index (χ1n) is 4.16. The first kappa shape index (κ1) is 9.80.